The summed E-state index contributed by atoms with van der Waals surface area (Å²) in [4.78, 5) is 19.4. The summed E-state index contributed by atoms with van der Waals surface area (Å²) < 4.78 is 2.14. The lowest BCUT2D eigenvalue weighted by Crippen LogP contribution is -2.13. The molecule has 0 bridgehead atoms. The number of thioether (sulfide) groups is 1. The molecule has 1 unspecified atom stereocenters. The molecule has 0 aliphatic rings. The monoisotopic (exact) mass is 380 g/mol. The van der Waals surface area contributed by atoms with E-state index in [1.165, 1.54) is 18.1 Å². The minimum absolute atomic E-state index is 0.0476. The Hall–Kier alpha value is -2.60. The van der Waals surface area contributed by atoms with Crippen molar-refractivity contribution in [2.45, 2.75) is 37.3 Å². The third-order valence-electron chi connectivity index (χ3n) is 4.24. The molecule has 1 aromatic carbocycles. The molecule has 2 aromatic heterocycles. The van der Waals surface area contributed by atoms with Crippen molar-refractivity contribution in [3.05, 3.63) is 78.6 Å². The number of imidazole rings is 1. The molecule has 140 valence electrons. The molecule has 0 saturated carbocycles. The van der Waals surface area contributed by atoms with Gasteiger partial charge in [-0.3, -0.25) is 9.78 Å². The smallest absolute Gasteiger partial charge is 0.221 e. The second-order valence-electron chi connectivity index (χ2n) is 6.46. The number of hydrogen-bond acceptors (Lipinski definition) is 4. The lowest BCUT2D eigenvalue weighted by Gasteiger charge is -2.17. The molecule has 6 heteroatoms. The van der Waals surface area contributed by atoms with E-state index in [9.17, 15) is 4.79 Å². The maximum absolute atomic E-state index is 11.1. The molecule has 2 heterocycles. The standard InChI is InChI=1S/C21H24N4OS/c1-17(26)24-20-5-2-19(3-6-20)15-27-21(14-25-13-12-23-16-25)7-4-18-8-10-22-11-9-18/h2-3,5-6,8-13,16,21H,4,7,14-15H2,1H3,(H,24,26). The summed E-state index contributed by atoms with van der Waals surface area (Å²) in [6.45, 7) is 2.47. The van der Waals surface area contributed by atoms with E-state index < -0.39 is 0 Å². The van der Waals surface area contributed by atoms with E-state index in [-0.39, 0.29) is 5.91 Å². The van der Waals surface area contributed by atoms with Crippen molar-refractivity contribution in [2.24, 2.45) is 0 Å². The molecule has 0 spiro atoms. The SMILES string of the molecule is CC(=O)Nc1ccc(CSC(CCc2ccncc2)Cn2ccnc2)cc1. The number of carbonyl (C=O) groups excluding carboxylic acids is 1. The number of rotatable bonds is 9. The van der Waals surface area contributed by atoms with Crippen molar-refractivity contribution in [1.82, 2.24) is 14.5 Å². The second kappa shape index (κ2) is 9.92. The number of anilines is 1. The first-order chi connectivity index (χ1) is 13.2. The molecule has 3 rings (SSSR count). The lowest BCUT2D eigenvalue weighted by molar-refractivity contribution is -0.114. The van der Waals surface area contributed by atoms with Gasteiger partial charge in [-0.15, -0.1) is 0 Å². The highest BCUT2D eigenvalue weighted by atomic mass is 32.2. The second-order valence-corrected chi connectivity index (χ2v) is 7.75. The predicted octanol–water partition coefficient (Wildman–Crippen LogP) is 4.17. The number of pyridine rings is 1. The van der Waals surface area contributed by atoms with Crippen LogP contribution in [0.1, 0.15) is 24.5 Å². The third kappa shape index (κ3) is 6.57. The Labute approximate surface area is 164 Å². The molecule has 1 atom stereocenters. The van der Waals surface area contributed by atoms with Crippen LogP contribution in [0.25, 0.3) is 0 Å². The molecule has 0 fully saturated rings. The molecule has 0 aliphatic carbocycles. The van der Waals surface area contributed by atoms with Crippen LogP contribution in [0.3, 0.4) is 0 Å². The average molecular weight is 381 g/mol. The first kappa shape index (κ1) is 19.2. The minimum Gasteiger partial charge on any atom is -0.336 e. The van der Waals surface area contributed by atoms with E-state index in [2.05, 4.69) is 44.1 Å². The summed E-state index contributed by atoms with van der Waals surface area (Å²) in [5.74, 6) is 0.893. The Balaban J connectivity index is 1.57. The van der Waals surface area contributed by atoms with E-state index in [0.29, 0.717) is 5.25 Å². The van der Waals surface area contributed by atoms with E-state index in [0.717, 1.165) is 30.8 Å². The van der Waals surface area contributed by atoms with Gasteiger partial charge in [0, 0.05) is 54.9 Å². The van der Waals surface area contributed by atoms with Gasteiger partial charge in [0.25, 0.3) is 0 Å². The van der Waals surface area contributed by atoms with Crippen LogP contribution in [0.5, 0.6) is 0 Å². The van der Waals surface area contributed by atoms with Crippen molar-refractivity contribution >= 4 is 23.4 Å². The van der Waals surface area contributed by atoms with Gasteiger partial charge in [0.2, 0.25) is 5.91 Å². The van der Waals surface area contributed by atoms with Gasteiger partial charge < -0.3 is 9.88 Å². The lowest BCUT2D eigenvalue weighted by atomic mass is 10.1. The minimum atomic E-state index is -0.0476. The van der Waals surface area contributed by atoms with E-state index >= 15 is 0 Å². The summed E-state index contributed by atoms with van der Waals surface area (Å²) in [5, 5.41) is 3.29. The molecule has 27 heavy (non-hydrogen) atoms. The Kier molecular flexibility index (Phi) is 7.04. The van der Waals surface area contributed by atoms with Gasteiger partial charge in [-0.1, -0.05) is 12.1 Å². The first-order valence-corrected chi connectivity index (χ1v) is 10.1. The van der Waals surface area contributed by atoms with Crippen LogP contribution in [0.2, 0.25) is 0 Å². The number of amides is 1. The van der Waals surface area contributed by atoms with E-state index in [1.807, 2.05) is 55.0 Å². The average Bonchev–Trinajstić information content (AvgIpc) is 3.18. The number of carbonyl (C=O) groups is 1. The van der Waals surface area contributed by atoms with Gasteiger partial charge >= 0.3 is 0 Å². The van der Waals surface area contributed by atoms with Gasteiger partial charge in [0.15, 0.2) is 0 Å². The van der Waals surface area contributed by atoms with Gasteiger partial charge in [0.1, 0.15) is 0 Å². The summed E-state index contributed by atoms with van der Waals surface area (Å²) in [7, 11) is 0. The van der Waals surface area contributed by atoms with Crippen LogP contribution in [0.4, 0.5) is 5.69 Å². The number of aryl methyl sites for hydroxylation is 1. The highest BCUT2D eigenvalue weighted by molar-refractivity contribution is 7.99. The summed E-state index contributed by atoms with van der Waals surface area (Å²) in [5.41, 5.74) is 3.42. The van der Waals surface area contributed by atoms with Crippen molar-refractivity contribution in [1.29, 1.82) is 0 Å². The fourth-order valence-corrected chi connectivity index (χ4v) is 4.02. The predicted molar refractivity (Wildman–Crippen MR) is 111 cm³/mol. The van der Waals surface area contributed by atoms with Crippen LogP contribution >= 0.6 is 11.8 Å². The Morgan fingerprint density at radius 1 is 1.07 bits per heavy atom. The van der Waals surface area contributed by atoms with Crippen molar-refractivity contribution in [3.63, 3.8) is 0 Å². The largest absolute Gasteiger partial charge is 0.336 e. The Morgan fingerprint density at radius 2 is 1.85 bits per heavy atom. The van der Waals surface area contributed by atoms with Gasteiger partial charge in [-0.2, -0.15) is 11.8 Å². The van der Waals surface area contributed by atoms with E-state index in [4.69, 9.17) is 0 Å². The van der Waals surface area contributed by atoms with Crippen molar-refractivity contribution in [3.8, 4) is 0 Å². The van der Waals surface area contributed by atoms with Crippen molar-refractivity contribution < 1.29 is 4.79 Å². The summed E-state index contributed by atoms with van der Waals surface area (Å²) >= 11 is 1.96. The quantitative estimate of drug-likeness (QED) is 0.605. The highest BCUT2D eigenvalue weighted by Crippen LogP contribution is 2.24. The number of benzene rings is 1. The number of nitrogens with zero attached hydrogens (tertiary/aromatic N) is 3. The highest BCUT2D eigenvalue weighted by Gasteiger charge is 2.11. The third-order valence-corrected chi connectivity index (χ3v) is 5.59. The van der Waals surface area contributed by atoms with Gasteiger partial charge in [0.05, 0.1) is 6.33 Å². The van der Waals surface area contributed by atoms with Crippen LogP contribution in [0.15, 0.2) is 67.5 Å². The molecular formula is C21H24N4OS. The fraction of sp³-hybridized carbons (Fsp3) is 0.286. The van der Waals surface area contributed by atoms with Crippen LogP contribution in [-0.2, 0) is 23.5 Å². The van der Waals surface area contributed by atoms with Crippen molar-refractivity contribution in [2.75, 3.05) is 5.32 Å². The number of hydrogen-bond donors (Lipinski definition) is 1. The maximum atomic E-state index is 11.1. The molecule has 3 aromatic rings. The summed E-state index contributed by atoms with van der Waals surface area (Å²) in [6, 6.07) is 12.2. The molecule has 1 amide bonds. The fourth-order valence-electron chi connectivity index (χ4n) is 2.84. The Bertz CT molecular complexity index is 819. The molecule has 0 aliphatic heterocycles. The maximum Gasteiger partial charge on any atom is 0.221 e. The van der Waals surface area contributed by atoms with Gasteiger partial charge in [-0.25, -0.2) is 4.98 Å². The van der Waals surface area contributed by atoms with E-state index in [1.54, 1.807) is 0 Å². The topological polar surface area (TPSA) is 59.8 Å². The van der Waals surface area contributed by atoms with Crippen LogP contribution in [0, 0.1) is 0 Å². The zero-order chi connectivity index (χ0) is 18.9. The molecule has 1 N–H and O–H groups in total. The zero-order valence-corrected chi connectivity index (χ0v) is 16.2. The molecular weight excluding hydrogens is 356 g/mol. The Morgan fingerprint density at radius 3 is 2.52 bits per heavy atom. The van der Waals surface area contributed by atoms with Crippen LogP contribution < -0.4 is 5.32 Å². The molecule has 5 nitrogen and oxygen atoms in total. The van der Waals surface area contributed by atoms with Gasteiger partial charge in [-0.05, 0) is 48.2 Å². The summed E-state index contributed by atoms with van der Waals surface area (Å²) in [6.07, 6.45) is 11.6. The zero-order valence-electron chi connectivity index (χ0n) is 15.4. The number of nitrogens with one attached hydrogen (secondary N) is 1. The first-order valence-electron chi connectivity index (χ1n) is 9.02. The number of aromatic nitrogens is 3. The molecule has 0 saturated heterocycles. The van der Waals surface area contributed by atoms with Crippen LogP contribution in [-0.4, -0.2) is 25.7 Å². The normalized spacial score (nSPS) is 11.9. The molecule has 0 radical (unpaired) electrons.